The van der Waals surface area contributed by atoms with Crippen molar-refractivity contribution in [3.8, 4) is 0 Å². The molecule has 0 amide bonds. The molecule has 0 bridgehead atoms. The van der Waals surface area contributed by atoms with Gasteiger partial charge in [0.25, 0.3) is 0 Å². The molecule has 0 aromatic heterocycles. The van der Waals surface area contributed by atoms with Crippen LogP contribution >= 0.6 is 0 Å². The fourth-order valence-electron chi connectivity index (χ4n) is 2.84. The van der Waals surface area contributed by atoms with Crippen molar-refractivity contribution in [2.75, 3.05) is 6.61 Å². The van der Waals surface area contributed by atoms with Gasteiger partial charge in [0.15, 0.2) is 8.32 Å². The number of aliphatic carboxylic acids is 1. The molecule has 3 nitrogen and oxygen atoms in total. The number of carboxylic acids is 1. The van der Waals surface area contributed by atoms with E-state index < -0.39 is 14.3 Å². The van der Waals surface area contributed by atoms with Crippen molar-refractivity contribution in [3.63, 3.8) is 0 Å². The van der Waals surface area contributed by atoms with E-state index in [1.807, 2.05) is 0 Å². The molecule has 1 fully saturated rings. The summed E-state index contributed by atoms with van der Waals surface area (Å²) in [4.78, 5) is 11.5. The van der Waals surface area contributed by atoms with Crippen molar-refractivity contribution < 1.29 is 14.3 Å². The summed E-state index contributed by atoms with van der Waals surface area (Å²) in [5.74, 6) is -0.245. The average molecular weight is 315 g/mol. The fourth-order valence-corrected chi connectivity index (χ4v) is 3.90. The van der Waals surface area contributed by atoms with Crippen LogP contribution in [0.4, 0.5) is 0 Å². The van der Waals surface area contributed by atoms with E-state index in [2.05, 4.69) is 33.9 Å². The summed E-state index contributed by atoms with van der Waals surface area (Å²) in [6, 6.07) is 0. The zero-order chi connectivity index (χ0) is 16.1. The molecule has 1 atom stereocenters. The molecule has 0 aliphatic heterocycles. The lowest BCUT2D eigenvalue weighted by Gasteiger charge is -2.36. The number of carbonyl (C=O) groups is 1. The minimum absolute atomic E-state index is 0.190. The summed E-state index contributed by atoms with van der Waals surface area (Å²) in [5, 5.41) is 9.64. The minimum atomic E-state index is -1.75. The Labute approximate surface area is 131 Å². The highest BCUT2D eigenvalue weighted by Crippen LogP contribution is 2.37. The van der Waals surface area contributed by atoms with Crippen LogP contribution in [-0.4, -0.2) is 26.0 Å². The van der Waals surface area contributed by atoms with E-state index in [4.69, 9.17) is 4.43 Å². The molecule has 1 saturated carbocycles. The molecule has 21 heavy (non-hydrogen) atoms. The van der Waals surface area contributed by atoms with Crippen molar-refractivity contribution in [2.24, 2.45) is 11.8 Å². The second-order valence-corrected chi connectivity index (χ2v) is 13.0. The average Bonchev–Trinajstić information content (AvgIpc) is 2.37. The van der Waals surface area contributed by atoms with Gasteiger partial charge in [-0.25, -0.2) is 0 Å². The molecule has 1 aliphatic carbocycles. The van der Waals surface area contributed by atoms with Crippen molar-refractivity contribution >= 4 is 14.3 Å². The predicted octanol–water partition coefficient (Wildman–Crippen LogP) is 5.07. The molecule has 0 aromatic carbocycles. The second-order valence-electron chi connectivity index (χ2n) is 8.17. The highest BCUT2D eigenvalue weighted by Gasteiger charge is 2.37. The Balaban J connectivity index is 2.43. The molecule has 0 unspecified atom stereocenters. The number of hydrogen-bond acceptors (Lipinski definition) is 2. The summed E-state index contributed by atoms with van der Waals surface area (Å²) < 4.78 is 6.14. The highest BCUT2D eigenvalue weighted by atomic mass is 28.4. The quantitative estimate of drug-likeness (QED) is 0.667. The molecule has 1 N–H and O–H groups in total. The number of rotatable bonds is 7. The van der Waals surface area contributed by atoms with Crippen LogP contribution in [-0.2, 0) is 9.22 Å². The summed E-state index contributed by atoms with van der Waals surface area (Å²) in [5.41, 5.74) is 0. The minimum Gasteiger partial charge on any atom is -0.481 e. The first kappa shape index (κ1) is 18.7. The van der Waals surface area contributed by atoms with Crippen LogP contribution in [0, 0.1) is 11.8 Å². The first-order valence-electron chi connectivity index (χ1n) is 8.50. The van der Waals surface area contributed by atoms with E-state index in [0.717, 1.165) is 6.42 Å². The Morgan fingerprint density at radius 3 is 2.29 bits per heavy atom. The van der Waals surface area contributed by atoms with E-state index >= 15 is 0 Å². The fraction of sp³-hybridized carbons (Fsp3) is 0.941. The maximum absolute atomic E-state index is 11.5. The molecule has 0 aromatic rings. The molecule has 0 spiro atoms. The number of carboxylic acid groups (broad SMARTS) is 1. The van der Waals surface area contributed by atoms with E-state index in [1.54, 1.807) is 0 Å². The van der Waals surface area contributed by atoms with Crippen molar-refractivity contribution in [2.45, 2.75) is 83.8 Å². The summed E-state index contributed by atoms with van der Waals surface area (Å²) in [7, 11) is -1.75. The molecule has 4 heteroatoms. The Hall–Kier alpha value is -0.353. The normalized spacial score (nSPS) is 19.5. The van der Waals surface area contributed by atoms with Gasteiger partial charge in [0.1, 0.15) is 0 Å². The van der Waals surface area contributed by atoms with E-state index in [9.17, 15) is 9.90 Å². The monoisotopic (exact) mass is 314 g/mol. The Morgan fingerprint density at radius 1 is 1.24 bits per heavy atom. The van der Waals surface area contributed by atoms with Gasteiger partial charge < -0.3 is 9.53 Å². The first-order chi connectivity index (χ1) is 9.63. The number of hydrogen-bond donors (Lipinski definition) is 1. The van der Waals surface area contributed by atoms with Gasteiger partial charge in [-0.15, -0.1) is 0 Å². The molecular weight excluding hydrogens is 280 g/mol. The van der Waals surface area contributed by atoms with E-state index in [1.165, 1.54) is 32.1 Å². The molecule has 0 heterocycles. The van der Waals surface area contributed by atoms with Gasteiger partial charge in [-0.1, -0.05) is 52.9 Å². The van der Waals surface area contributed by atoms with E-state index in [0.29, 0.717) is 18.9 Å². The summed E-state index contributed by atoms with van der Waals surface area (Å²) in [6.45, 7) is 11.7. The van der Waals surface area contributed by atoms with Gasteiger partial charge >= 0.3 is 5.97 Å². The van der Waals surface area contributed by atoms with Crippen molar-refractivity contribution in [1.29, 1.82) is 0 Å². The molecule has 0 radical (unpaired) electrons. The van der Waals surface area contributed by atoms with Gasteiger partial charge in [-0.2, -0.15) is 0 Å². The van der Waals surface area contributed by atoms with Gasteiger partial charge in [-0.3, -0.25) is 4.79 Å². The zero-order valence-electron chi connectivity index (χ0n) is 14.6. The van der Waals surface area contributed by atoms with Crippen LogP contribution in [0.2, 0.25) is 18.1 Å². The molecule has 1 aliphatic rings. The Morgan fingerprint density at radius 2 is 1.81 bits per heavy atom. The van der Waals surface area contributed by atoms with Gasteiger partial charge in [-0.05, 0) is 36.9 Å². The van der Waals surface area contributed by atoms with Gasteiger partial charge in [0.2, 0.25) is 0 Å². The third-order valence-electron chi connectivity index (χ3n) is 5.43. The smallest absolute Gasteiger partial charge is 0.306 e. The topological polar surface area (TPSA) is 46.5 Å². The third-order valence-corrected chi connectivity index (χ3v) is 9.97. The first-order valence-corrected chi connectivity index (χ1v) is 11.4. The lowest BCUT2D eigenvalue weighted by molar-refractivity contribution is -0.143. The van der Waals surface area contributed by atoms with Gasteiger partial charge in [0.05, 0.1) is 5.92 Å². The van der Waals surface area contributed by atoms with Crippen LogP contribution in [0.15, 0.2) is 0 Å². The highest BCUT2D eigenvalue weighted by molar-refractivity contribution is 6.74. The molecule has 0 saturated heterocycles. The SMILES string of the molecule is CC(C)(C)[Si](C)(C)OCC[C@H](CC1CCCCC1)C(=O)O. The molecule has 1 rings (SSSR count). The molecular formula is C17H34O3Si. The third kappa shape index (κ3) is 6.11. The summed E-state index contributed by atoms with van der Waals surface area (Å²) >= 11 is 0. The van der Waals surface area contributed by atoms with Crippen molar-refractivity contribution in [1.82, 2.24) is 0 Å². The van der Waals surface area contributed by atoms with Crippen molar-refractivity contribution in [3.05, 3.63) is 0 Å². The Kier molecular flexibility index (Phi) is 6.92. The lowest BCUT2D eigenvalue weighted by Crippen LogP contribution is -2.41. The maximum Gasteiger partial charge on any atom is 0.306 e. The van der Waals surface area contributed by atoms with Crippen LogP contribution < -0.4 is 0 Å². The lowest BCUT2D eigenvalue weighted by atomic mass is 9.82. The van der Waals surface area contributed by atoms with Gasteiger partial charge in [0, 0.05) is 6.61 Å². The standard InChI is InChI=1S/C17H34O3Si/c1-17(2,3)21(4,5)20-12-11-15(16(18)19)13-14-9-7-6-8-10-14/h14-15H,6-13H2,1-5H3,(H,18,19)/t15-/m1/s1. The Bertz CT molecular complexity index is 327. The van der Waals surface area contributed by atoms with Crippen LogP contribution in [0.5, 0.6) is 0 Å². The van der Waals surface area contributed by atoms with Crippen LogP contribution in [0.25, 0.3) is 0 Å². The summed E-state index contributed by atoms with van der Waals surface area (Å²) in [6.07, 6.45) is 7.81. The van der Waals surface area contributed by atoms with E-state index in [-0.39, 0.29) is 11.0 Å². The second kappa shape index (κ2) is 7.77. The molecule has 124 valence electrons. The largest absolute Gasteiger partial charge is 0.481 e. The van der Waals surface area contributed by atoms with Crippen LogP contribution in [0.3, 0.4) is 0 Å². The zero-order valence-corrected chi connectivity index (χ0v) is 15.6. The van der Waals surface area contributed by atoms with Crippen LogP contribution in [0.1, 0.15) is 65.7 Å². The maximum atomic E-state index is 11.5. The predicted molar refractivity (Wildman–Crippen MR) is 90.1 cm³/mol.